The van der Waals surface area contributed by atoms with Crippen LogP contribution in [0.2, 0.25) is 0 Å². The zero-order valence-electron chi connectivity index (χ0n) is 12.2. The van der Waals surface area contributed by atoms with Crippen molar-refractivity contribution in [1.82, 2.24) is 20.2 Å². The van der Waals surface area contributed by atoms with E-state index in [9.17, 15) is 4.79 Å². The summed E-state index contributed by atoms with van der Waals surface area (Å²) in [4.78, 5) is 12.0. The summed E-state index contributed by atoms with van der Waals surface area (Å²) < 4.78 is 11.8. The van der Waals surface area contributed by atoms with Crippen LogP contribution < -0.4 is 14.8 Å². The van der Waals surface area contributed by atoms with E-state index < -0.39 is 0 Å². The molecule has 8 heteroatoms. The van der Waals surface area contributed by atoms with Gasteiger partial charge in [-0.1, -0.05) is 6.92 Å². The van der Waals surface area contributed by atoms with Crippen LogP contribution in [0.25, 0.3) is 0 Å². The summed E-state index contributed by atoms with van der Waals surface area (Å²) in [7, 11) is 3.10. The van der Waals surface area contributed by atoms with E-state index in [2.05, 4.69) is 20.8 Å². The number of rotatable bonds is 6. The van der Waals surface area contributed by atoms with Gasteiger partial charge in [-0.3, -0.25) is 4.79 Å². The number of benzene rings is 1. The van der Waals surface area contributed by atoms with Gasteiger partial charge < -0.3 is 14.8 Å². The SMILES string of the molecule is CCc1nnnn1CC(=O)Nc1cc(OC)cc(OC)c1. The maximum absolute atomic E-state index is 12.0. The Balaban J connectivity index is 2.09. The van der Waals surface area contributed by atoms with Crippen molar-refractivity contribution in [2.24, 2.45) is 0 Å². The first kappa shape index (κ1) is 14.8. The fourth-order valence-corrected chi connectivity index (χ4v) is 1.82. The van der Waals surface area contributed by atoms with Crippen molar-refractivity contribution in [2.75, 3.05) is 19.5 Å². The predicted octanol–water partition coefficient (Wildman–Crippen LogP) is 0.891. The van der Waals surface area contributed by atoms with Crippen molar-refractivity contribution in [1.29, 1.82) is 0 Å². The maximum Gasteiger partial charge on any atom is 0.246 e. The highest BCUT2D eigenvalue weighted by Gasteiger charge is 2.10. The minimum Gasteiger partial charge on any atom is -0.497 e. The fourth-order valence-electron chi connectivity index (χ4n) is 1.82. The van der Waals surface area contributed by atoms with Gasteiger partial charge in [0.2, 0.25) is 5.91 Å². The monoisotopic (exact) mass is 291 g/mol. The molecule has 1 N–H and O–H groups in total. The number of hydrogen-bond donors (Lipinski definition) is 1. The molecule has 0 spiro atoms. The minimum absolute atomic E-state index is 0.0513. The molecule has 0 radical (unpaired) electrons. The lowest BCUT2D eigenvalue weighted by molar-refractivity contribution is -0.117. The van der Waals surface area contributed by atoms with Crippen LogP contribution in [-0.4, -0.2) is 40.3 Å². The number of nitrogens with one attached hydrogen (secondary N) is 1. The minimum atomic E-state index is -0.229. The van der Waals surface area contributed by atoms with E-state index >= 15 is 0 Å². The Hall–Kier alpha value is -2.64. The lowest BCUT2D eigenvalue weighted by Crippen LogP contribution is -2.21. The van der Waals surface area contributed by atoms with Crippen LogP contribution in [0, 0.1) is 0 Å². The smallest absolute Gasteiger partial charge is 0.246 e. The molecule has 2 aromatic rings. The van der Waals surface area contributed by atoms with Gasteiger partial charge in [0.25, 0.3) is 0 Å². The predicted molar refractivity (Wildman–Crippen MR) is 75.4 cm³/mol. The Morgan fingerprint density at radius 2 is 1.90 bits per heavy atom. The van der Waals surface area contributed by atoms with Crippen molar-refractivity contribution in [3.05, 3.63) is 24.0 Å². The van der Waals surface area contributed by atoms with Crippen molar-refractivity contribution < 1.29 is 14.3 Å². The number of carbonyl (C=O) groups is 1. The van der Waals surface area contributed by atoms with Gasteiger partial charge >= 0.3 is 0 Å². The number of methoxy groups -OCH3 is 2. The number of aromatic nitrogens is 4. The summed E-state index contributed by atoms with van der Waals surface area (Å²) in [5.41, 5.74) is 0.585. The number of tetrazole rings is 1. The van der Waals surface area contributed by atoms with Crippen LogP contribution in [0.5, 0.6) is 11.5 Å². The molecule has 8 nitrogen and oxygen atoms in total. The molecule has 1 aromatic carbocycles. The number of nitrogens with zero attached hydrogens (tertiary/aromatic N) is 4. The first-order chi connectivity index (χ1) is 10.2. The number of hydrogen-bond acceptors (Lipinski definition) is 6. The van der Waals surface area contributed by atoms with Gasteiger partial charge in [0.1, 0.15) is 18.0 Å². The largest absolute Gasteiger partial charge is 0.497 e. The number of aryl methyl sites for hydroxylation is 1. The molecule has 1 amide bonds. The molecule has 0 aliphatic heterocycles. The summed E-state index contributed by atoms with van der Waals surface area (Å²) in [6, 6.07) is 5.15. The van der Waals surface area contributed by atoms with E-state index in [0.29, 0.717) is 29.4 Å². The average Bonchev–Trinajstić information content (AvgIpc) is 2.93. The highest BCUT2D eigenvalue weighted by Crippen LogP contribution is 2.25. The summed E-state index contributed by atoms with van der Waals surface area (Å²) >= 11 is 0. The van der Waals surface area contributed by atoms with E-state index in [0.717, 1.165) is 0 Å². The number of ether oxygens (including phenoxy) is 2. The van der Waals surface area contributed by atoms with Crippen molar-refractivity contribution in [3.63, 3.8) is 0 Å². The molecular formula is C13H17N5O3. The van der Waals surface area contributed by atoms with Gasteiger partial charge in [-0.05, 0) is 10.4 Å². The third kappa shape index (κ3) is 3.68. The summed E-state index contributed by atoms with van der Waals surface area (Å²) in [6.07, 6.45) is 0.660. The lowest BCUT2D eigenvalue weighted by atomic mass is 10.2. The number of anilines is 1. The molecule has 1 aromatic heterocycles. The van der Waals surface area contributed by atoms with Crippen molar-refractivity contribution in [2.45, 2.75) is 19.9 Å². The van der Waals surface area contributed by atoms with Crippen LogP contribution in [-0.2, 0) is 17.8 Å². The van der Waals surface area contributed by atoms with Gasteiger partial charge in [-0.2, -0.15) is 0 Å². The van der Waals surface area contributed by atoms with E-state index in [4.69, 9.17) is 9.47 Å². The Kier molecular flexibility index (Phi) is 4.70. The van der Waals surface area contributed by atoms with Crippen molar-refractivity contribution in [3.8, 4) is 11.5 Å². The Morgan fingerprint density at radius 1 is 1.24 bits per heavy atom. The molecule has 0 saturated carbocycles. The highest BCUT2D eigenvalue weighted by atomic mass is 16.5. The first-order valence-corrected chi connectivity index (χ1v) is 6.44. The molecular weight excluding hydrogens is 274 g/mol. The quantitative estimate of drug-likeness (QED) is 0.850. The number of carbonyl (C=O) groups excluding carboxylic acids is 1. The van der Waals surface area contributed by atoms with Crippen LogP contribution in [0.4, 0.5) is 5.69 Å². The molecule has 0 bridgehead atoms. The molecule has 1 heterocycles. The molecule has 2 rings (SSSR count). The molecule has 0 atom stereocenters. The summed E-state index contributed by atoms with van der Waals surface area (Å²) in [5.74, 6) is 1.63. The lowest BCUT2D eigenvalue weighted by Gasteiger charge is -2.10. The molecule has 0 aliphatic carbocycles. The molecule has 0 fully saturated rings. The second-order valence-corrected chi connectivity index (χ2v) is 4.26. The Labute approximate surface area is 122 Å². The topological polar surface area (TPSA) is 91.2 Å². The van der Waals surface area contributed by atoms with Crippen LogP contribution in [0.1, 0.15) is 12.7 Å². The van der Waals surface area contributed by atoms with Crippen LogP contribution in [0.3, 0.4) is 0 Å². The molecule has 0 unspecified atom stereocenters. The zero-order valence-corrected chi connectivity index (χ0v) is 12.2. The second-order valence-electron chi connectivity index (χ2n) is 4.26. The standard InChI is InChI=1S/C13H17N5O3/c1-4-12-15-16-17-18(12)8-13(19)14-9-5-10(20-2)7-11(6-9)21-3/h5-7H,4,8H2,1-3H3,(H,14,19). The third-order valence-electron chi connectivity index (χ3n) is 2.85. The summed E-state index contributed by atoms with van der Waals surface area (Å²) in [5, 5.41) is 13.9. The fraction of sp³-hybridized carbons (Fsp3) is 0.385. The van der Waals surface area contributed by atoms with Gasteiger partial charge in [0, 0.05) is 30.3 Å². The van der Waals surface area contributed by atoms with Crippen LogP contribution in [0.15, 0.2) is 18.2 Å². The molecule has 112 valence electrons. The molecule has 0 aliphatic rings. The van der Waals surface area contributed by atoms with Gasteiger partial charge in [-0.15, -0.1) is 5.10 Å². The van der Waals surface area contributed by atoms with Crippen LogP contribution >= 0.6 is 0 Å². The zero-order chi connectivity index (χ0) is 15.2. The number of amides is 1. The normalized spacial score (nSPS) is 10.2. The average molecular weight is 291 g/mol. The highest BCUT2D eigenvalue weighted by molar-refractivity contribution is 5.91. The molecule has 0 saturated heterocycles. The maximum atomic E-state index is 12.0. The van der Waals surface area contributed by atoms with Gasteiger partial charge in [0.15, 0.2) is 5.82 Å². The van der Waals surface area contributed by atoms with E-state index in [1.165, 1.54) is 4.68 Å². The van der Waals surface area contributed by atoms with Gasteiger partial charge in [0.05, 0.1) is 14.2 Å². The van der Waals surface area contributed by atoms with Gasteiger partial charge in [-0.25, -0.2) is 4.68 Å². The summed E-state index contributed by atoms with van der Waals surface area (Å²) in [6.45, 7) is 1.97. The van der Waals surface area contributed by atoms with E-state index in [1.807, 2.05) is 6.92 Å². The molecule has 21 heavy (non-hydrogen) atoms. The van der Waals surface area contributed by atoms with E-state index in [1.54, 1.807) is 32.4 Å². The van der Waals surface area contributed by atoms with Crippen molar-refractivity contribution >= 4 is 11.6 Å². The first-order valence-electron chi connectivity index (χ1n) is 6.44. The van der Waals surface area contributed by atoms with E-state index in [-0.39, 0.29) is 12.5 Å². The Morgan fingerprint density at radius 3 is 2.48 bits per heavy atom. The Bertz CT molecular complexity index is 604. The second kappa shape index (κ2) is 6.69. The third-order valence-corrected chi connectivity index (χ3v) is 2.85.